The zero-order chi connectivity index (χ0) is 21.6. The maximum absolute atomic E-state index is 12.7. The number of benzene rings is 1. The number of rotatable bonds is 9. The number of unbranched alkanes of at least 4 members (excludes halogenated alkanes) is 1. The first-order valence-corrected chi connectivity index (χ1v) is 11.5. The monoisotopic (exact) mass is 426 g/mol. The number of hydrogen-bond donors (Lipinski definition) is 0. The fraction of sp³-hybridized carbons (Fsp3) is 0.632. The molecule has 162 valence electrons. The predicted octanol–water partition coefficient (Wildman–Crippen LogP) is 2.46. The standard InChI is InChI=1S/C19H30N4O5S/c1-4-7-8-19(24)21-13-11-20(12-14-21)17-10-9-16(15-18(17)23(25)26)29(27,28)22(5-2)6-3/h9-10,15H,4-8,11-14H2,1-3H3. The van der Waals surface area contributed by atoms with Gasteiger partial charge in [-0.3, -0.25) is 14.9 Å². The quantitative estimate of drug-likeness (QED) is 0.444. The molecule has 0 aliphatic carbocycles. The molecule has 0 saturated carbocycles. The van der Waals surface area contributed by atoms with Gasteiger partial charge in [-0.1, -0.05) is 27.2 Å². The second kappa shape index (κ2) is 10.0. The lowest BCUT2D eigenvalue weighted by atomic mass is 10.2. The van der Waals surface area contributed by atoms with Gasteiger partial charge >= 0.3 is 0 Å². The van der Waals surface area contributed by atoms with Crippen LogP contribution in [0.5, 0.6) is 0 Å². The lowest BCUT2D eigenvalue weighted by molar-refractivity contribution is -0.384. The van der Waals surface area contributed by atoms with E-state index < -0.39 is 14.9 Å². The maximum atomic E-state index is 12.7. The third-order valence-corrected chi connectivity index (χ3v) is 7.25. The molecular formula is C19H30N4O5S. The Kier molecular flexibility index (Phi) is 7.97. The van der Waals surface area contributed by atoms with Gasteiger partial charge < -0.3 is 9.80 Å². The number of carbonyl (C=O) groups excluding carboxylic acids is 1. The third kappa shape index (κ3) is 5.24. The first-order valence-electron chi connectivity index (χ1n) is 10.1. The largest absolute Gasteiger partial charge is 0.362 e. The molecule has 1 heterocycles. The second-order valence-electron chi connectivity index (χ2n) is 6.97. The molecule has 0 N–H and O–H groups in total. The van der Waals surface area contributed by atoms with E-state index in [0.717, 1.165) is 18.9 Å². The Morgan fingerprint density at radius 3 is 2.28 bits per heavy atom. The predicted molar refractivity (Wildman–Crippen MR) is 112 cm³/mol. The van der Waals surface area contributed by atoms with Crippen LogP contribution in [0, 0.1) is 10.1 Å². The van der Waals surface area contributed by atoms with Gasteiger partial charge in [-0.25, -0.2) is 8.42 Å². The molecule has 0 atom stereocenters. The van der Waals surface area contributed by atoms with Crippen molar-refractivity contribution in [1.29, 1.82) is 0 Å². The highest BCUT2D eigenvalue weighted by atomic mass is 32.2. The molecule has 0 unspecified atom stereocenters. The summed E-state index contributed by atoms with van der Waals surface area (Å²) < 4.78 is 26.7. The molecule has 2 rings (SSSR count). The fourth-order valence-electron chi connectivity index (χ4n) is 3.47. The molecule has 0 aromatic heterocycles. The number of piperazine rings is 1. The van der Waals surface area contributed by atoms with Gasteiger partial charge in [-0.2, -0.15) is 4.31 Å². The molecule has 29 heavy (non-hydrogen) atoms. The highest BCUT2D eigenvalue weighted by Gasteiger charge is 2.29. The number of hydrogen-bond acceptors (Lipinski definition) is 6. The van der Waals surface area contributed by atoms with Crippen LogP contribution in [0.2, 0.25) is 0 Å². The average molecular weight is 427 g/mol. The highest BCUT2D eigenvalue weighted by Crippen LogP contribution is 2.32. The van der Waals surface area contributed by atoms with E-state index in [9.17, 15) is 23.3 Å². The molecule has 0 bridgehead atoms. The summed E-state index contributed by atoms with van der Waals surface area (Å²) in [6, 6.07) is 4.07. The van der Waals surface area contributed by atoms with Crippen LogP contribution in [0.25, 0.3) is 0 Å². The Labute approximate surface area is 172 Å². The van der Waals surface area contributed by atoms with E-state index in [2.05, 4.69) is 0 Å². The number of nitro benzene ring substituents is 1. The van der Waals surface area contributed by atoms with Crippen molar-refractivity contribution in [1.82, 2.24) is 9.21 Å². The van der Waals surface area contributed by atoms with Crippen molar-refractivity contribution >= 4 is 27.3 Å². The van der Waals surface area contributed by atoms with Crippen molar-refractivity contribution in [2.45, 2.75) is 44.9 Å². The van der Waals surface area contributed by atoms with Crippen LogP contribution in [0.3, 0.4) is 0 Å². The van der Waals surface area contributed by atoms with Gasteiger partial charge in [-0.05, 0) is 18.6 Å². The molecule has 1 saturated heterocycles. The minimum absolute atomic E-state index is 0.0787. The van der Waals surface area contributed by atoms with E-state index in [1.807, 2.05) is 11.8 Å². The summed E-state index contributed by atoms with van der Waals surface area (Å²) >= 11 is 0. The lowest BCUT2D eigenvalue weighted by Crippen LogP contribution is -2.48. The van der Waals surface area contributed by atoms with E-state index in [1.54, 1.807) is 18.7 Å². The third-order valence-electron chi connectivity index (χ3n) is 5.20. The fourth-order valence-corrected chi connectivity index (χ4v) is 4.95. The summed E-state index contributed by atoms with van der Waals surface area (Å²) in [6.07, 6.45) is 2.34. The minimum atomic E-state index is -3.78. The Hall–Kier alpha value is -2.20. The van der Waals surface area contributed by atoms with Crippen LogP contribution in [0.4, 0.5) is 11.4 Å². The molecule has 1 aliphatic heterocycles. The van der Waals surface area contributed by atoms with Crippen LogP contribution in [0.1, 0.15) is 40.0 Å². The van der Waals surface area contributed by atoms with Crippen molar-refractivity contribution in [2.75, 3.05) is 44.2 Å². The Morgan fingerprint density at radius 1 is 1.14 bits per heavy atom. The van der Waals surface area contributed by atoms with Crippen LogP contribution in [-0.2, 0) is 14.8 Å². The number of nitrogens with zero attached hydrogens (tertiary/aromatic N) is 4. The van der Waals surface area contributed by atoms with Gasteiger partial charge in [-0.15, -0.1) is 0 Å². The zero-order valence-electron chi connectivity index (χ0n) is 17.3. The normalized spacial score (nSPS) is 15.0. The van der Waals surface area contributed by atoms with Gasteiger partial charge in [0.25, 0.3) is 5.69 Å². The summed E-state index contributed by atoms with van der Waals surface area (Å²) in [6.45, 7) is 8.02. The topological polar surface area (TPSA) is 104 Å². The first-order chi connectivity index (χ1) is 13.8. The van der Waals surface area contributed by atoms with E-state index in [1.165, 1.54) is 16.4 Å². The maximum Gasteiger partial charge on any atom is 0.293 e. The van der Waals surface area contributed by atoms with Gasteiger partial charge in [0.2, 0.25) is 15.9 Å². The van der Waals surface area contributed by atoms with Gasteiger partial charge in [0.1, 0.15) is 5.69 Å². The molecular weight excluding hydrogens is 396 g/mol. The van der Waals surface area contributed by atoms with Crippen molar-refractivity contribution in [3.05, 3.63) is 28.3 Å². The van der Waals surface area contributed by atoms with E-state index in [4.69, 9.17) is 0 Å². The summed E-state index contributed by atoms with van der Waals surface area (Å²) in [5.41, 5.74) is 0.151. The summed E-state index contributed by atoms with van der Waals surface area (Å²) in [4.78, 5) is 26.8. The summed E-state index contributed by atoms with van der Waals surface area (Å²) in [7, 11) is -3.78. The van der Waals surface area contributed by atoms with Gasteiger partial charge in [0.15, 0.2) is 0 Å². The van der Waals surface area contributed by atoms with E-state index >= 15 is 0 Å². The van der Waals surface area contributed by atoms with E-state index in [-0.39, 0.29) is 16.5 Å². The van der Waals surface area contributed by atoms with Crippen LogP contribution < -0.4 is 4.90 Å². The number of amides is 1. The molecule has 1 fully saturated rings. The molecule has 0 spiro atoms. The number of sulfonamides is 1. The first kappa shape index (κ1) is 23.1. The van der Waals surface area contributed by atoms with Crippen molar-refractivity contribution in [3.8, 4) is 0 Å². The average Bonchev–Trinajstić information content (AvgIpc) is 2.72. The van der Waals surface area contributed by atoms with Crippen molar-refractivity contribution in [3.63, 3.8) is 0 Å². The molecule has 9 nitrogen and oxygen atoms in total. The second-order valence-corrected chi connectivity index (χ2v) is 8.91. The van der Waals surface area contributed by atoms with Gasteiger partial charge in [0.05, 0.1) is 9.82 Å². The van der Waals surface area contributed by atoms with Crippen LogP contribution in [-0.4, -0.2) is 67.7 Å². The molecule has 10 heteroatoms. The summed E-state index contributed by atoms with van der Waals surface area (Å²) in [5, 5.41) is 11.6. The molecule has 1 aliphatic rings. The highest BCUT2D eigenvalue weighted by molar-refractivity contribution is 7.89. The zero-order valence-corrected chi connectivity index (χ0v) is 18.2. The summed E-state index contributed by atoms with van der Waals surface area (Å²) in [5.74, 6) is 0.113. The van der Waals surface area contributed by atoms with Crippen molar-refractivity contribution < 1.29 is 18.1 Å². The van der Waals surface area contributed by atoms with Crippen LogP contribution >= 0.6 is 0 Å². The van der Waals surface area contributed by atoms with Crippen molar-refractivity contribution in [2.24, 2.45) is 0 Å². The molecule has 1 aromatic rings. The van der Waals surface area contributed by atoms with Crippen LogP contribution in [0.15, 0.2) is 23.1 Å². The smallest absolute Gasteiger partial charge is 0.293 e. The Balaban J connectivity index is 2.23. The molecule has 0 radical (unpaired) electrons. The Bertz CT molecular complexity index is 831. The van der Waals surface area contributed by atoms with E-state index in [0.29, 0.717) is 51.4 Å². The lowest BCUT2D eigenvalue weighted by Gasteiger charge is -2.36. The molecule has 1 amide bonds. The van der Waals surface area contributed by atoms with Gasteiger partial charge in [0, 0.05) is 51.8 Å². The number of nitro groups is 1. The number of anilines is 1. The SMILES string of the molecule is CCCCC(=O)N1CCN(c2ccc(S(=O)(=O)N(CC)CC)cc2[N+](=O)[O-])CC1. The number of carbonyl (C=O) groups is 1. The molecule has 1 aromatic carbocycles. The Morgan fingerprint density at radius 2 is 1.76 bits per heavy atom. The minimum Gasteiger partial charge on any atom is -0.362 e.